The molecule has 0 aliphatic heterocycles. The van der Waals surface area contributed by atoms with Gasteiger partial charge in [-0.05, 0) is 56.3 Å². The van der Waals surface area contributed by atoms with Crippen molar-refractivity contribution in [2.24, 2.45) is 17.8 Å². The number of amides is 2. The first-order chi connectivity index (χ1) is 9.49. The molecule has 0 heterocycles. The van der Waals surface area contributed by atoms with Crippen molar-refractivity contribution in [3.05, 3.63) is 0 Å². The molecule has 0 unspecified atom stereocenters. The van der Waals surface area contributed by atoms with E-state index in [1.165, 1.54) is 19.3 Å². The molecule has 1 atom stereocenters. The van der Waals surface area contributed by atoms with E-state index in [0.717, 1.165) is 37.0 Å². The third-order valence-corrected chi connectivity index (χ3v) is 5.20. The maximum Gasteiger partial charge on any atom is 0.328 e. The van der Waals surface area contributed by atoms with Gasteiger partial charge in [-0.15, -0.1) is 0 Å². The van der Waals surface area contributed by atoms with Crippen LogP contribution in [0.5, 0.6) is 0 Å². The van der Waals surface area contributed by atoms with Gasteiger partial charge in [0.1, 0.15) is 0 Å². The second-order valence-electron chi connectivity index (χ2n) is 6.87. The third-order valence-electron chi connectivity index (χ3n) is 5.20. The first-order valence-corrected chi connectivity index (χ1v) is 7.42. The molecule has 4 bridgehead atoms. The quantitative estimate of drug-likeness (QED) is 0.610. The smallest absolute Gasteiger partial charge is 0.328 e. The molecule has 4 aliphatic rings. The van der Waals surface area contributed by atoms with E-state index in [0.29, 0.717) is 0 Å². The summed E-state index contributed by atoms with van der Waals surface area (Å²) >= 11 is 0. The summed E-state index contributed by atoms with van der Waals surface area (Å²) in [5.41, 5.74) is -0.142. The van der Waals surface area contributed by atoms with E-state index in [1.807, 2.05) is 0 Å². The van der Waals surface area contributed by atoms with Crippen LogP contribution in [0.3, 0.4) is 0 Å². The second kappa shape index (κ2) is 4.91. The summed E-state index contributed by atoms with van der Waals surface area (Å²) in [6.45, 7) is -0.594. The molecule has 4 rings (SSSR count). The zero-order valence-corrected chi connectivity index (χ0v) is 11.5. The third kappa shape index (κ3) is 2.49. The molecule has 0 radical (unpaired) electrons. The van der Waals surface area contributed by atoms with E-state index < -0.39 is 24.6 Å². The maximum absolute atomic E-state index is 12.0. The van der Waals surface area contributed by atoms with Gasteiger partial charge in [-0.3, -0.25) is 0 Å². The Bertz CT molecular complexity index is 388. The lowest BCUT2D eigenvalue weighted by Crippen LogP contribution is -2.62. The van der Waals surface area contributed by atoms with Crippen molar-refractivity contribution in [2.75, 3.05) is 6.61 Å². The lowest BCUT2D eigenvalue weighted by atomic mass is 9.53. The number of carboxylic acids is 1. The first-order valence-electron chi connectivity index (χ1n) is 7.42. The fraction of sp³-hybridized carbons (Fsp3) is 0.857. The Balaban J connectivity index is 1.62. The van der Waals surface area contributed by atoms with Crippen LogP contribution in [0.2, 0.25) is 0 Å². The van der Waals surface area contributed by atoms with Crippen molar-refractivity contribution in [3.63, 3.8) is 0 Å². The number of aliphatic hydroxyl groups is 1. The van der Waals surface area contributed by atoms with E-state index in [9.17, 15) is 9.59 Å². The van der Waals surface area contributed by atoms with Crippen LogP contribution in [0.15, 0.2) is 0 Å². The normalized spacial score (nSPS) is 39.4. The van der Waals surface area contributed by atoms with Crippen molar-refractivity contribution in [2.45, 2.75) is 50.1 Å². The number of hydrogen-bond acceptors (Lipinski definition) is 3. The van der Waals surface area contributed by atoms with Crippen molar-refractivity contribution in [3.8, 4) is 0 Å². The monoisotopic (exact) mass is 282 g/mol. The van der Waals surface area contributed by atoms with E-state index >= 15 is 0 Å². The van der Waals surface area contributed by atoms with Crippen LogP contribution < -0.4 is 10.6 Å². The number of hydrogen-bond donors (Lipinski definition) is 4. The number of carbonyl (C=O) groups is 2. The molecule has 4 fully saturated rings. The maximum atomic E-state index is 12.0. The van der Waals surface area contributed by atoms with Gasteiger partial charge in [0.05, 0.1) is 6.61 Å². The number of carboxylic acid groups (broad SMARTS) is 1. The summed E-state index contributed by atoms with van der Waals surface area (Å²) in [6.07, 6.45) is 6.92. The van der Waals surface area contributed by atoms with Crippen molar-refractivity contribution < 1.29 is 19.8 Å². The van der Waals surface area contributed by atoms with Crippen molar-refractivity contribution in [1.82, 2.24) is 10.6 Å². The first kappa shape index (κ1) is 13.7. The Morgan fingerprint density at radius 1 is 1.10 bits per heavy atom. The molecule has 20 heavy (non-hydrogen) atoms. The fourth-order valence-electron chi connectivity index (χ4n) is 4.88. The van der Waals surface area contributed by atoms with Gasteiger partial charge in [0, 0.05) is 5.54 Å². The number of nitrogens with one attached hydrogen (secondary N) is 2. The highest BCUT2D eigenvalue weighted by Gasteiger charge is 2.51. The molecule has 0 aromatic heterocycles. The standard InChI is InChI=1S/C14H22N2O4/c17-7-11(12(18)19)15-13(20)16-14-4-8-1-9(5-14)3-10(2-8)6-14/h8-11,17H,1-7H2,(H,18,19)(H2,15,16,20)/t8?,9?,10?,11-,14?/m1/s1. The highest BCUT2D eigenvalue weighted by Crippen LogP contribution is 2.55. The Kier molecular flexibility index (Phi) is 3.36. The average molecular weight is 282 g/mol. The summed E-state index contributed by atoms with van der Waals surface area (Å²) in [7, 11) is 0. The molecule has 6 heteroatoms. The SMILES string of the molecule is O=C(N[C@H](CO)C(=O)O)NC12CC3CC(CC(C3)C1)C2. The Hall–Kier alpha value is -1.30. The minimum atomic E-state index is -1.23. The van der Waals surface area contributed by atoms with Gasteiger partial charge in [-0.1, -0.05) is 0 Å². The lowest BCUT2D eigenvalue weighted by Gasteiger charge is -2.56. The van der Waals surface area contributed by atoms with Gasteiger partial charge >= 0.3 is 12.0 Å². The van der Waals surface area contributed by atoms with E-state index in [2.05, 4.69) is 10.6 Å². The number of urea groups is 1. The molecular formula is C14H22N2O4. The van der Waals surface area contributed by atoms with Crippen LogP contribution in [0.25, 0.3) is 0 Å². The highest BCUT2D eigenvalue weighted by molar-refractivity contribution is 5.83. The molecule has 0 aromatic rings. The topological polar surface area (TPSA) is 98.7 Å². The largest absolute Gasteiger partial charge is 0.480 e. The molecule has 4 saturated carbocycles. The fourth-order valence-corrected chi connectivity index (χ4v) is 4.88. The van der Waals surface area contributed by atoms with Crippen molar-refractivity contribution >= 4 is 12.0 Å². The van der Waals surface area contributed by atoms with E-state index in [1.54, 1.807) is 0 Å². The molecule has 0 saturated heterocycles. The minimum Gasteiger partial charge on any atom is -0.480 e. The van der Waals surface area contributed by atoms with E-state index in [-0.39, 0.29) is 5.54 Å². The highest BCUT2D eigenvalue weighted by atomic mass is 16.4. The Morgan fingerprint density at radius 3 is 2.00 bits per heavy atom. The minimum absolute atomic E-state index is 0.142. The van der Waals surface area contributed by atoms with Crippen molar-refractivity contribution in [1.29, 1.82) is 0 Å². The van der Waals surface area contributed by atoms with Crippen LogP contribution in [0, 0.1) is 17.8 Å². The summed E-state index contributed by atoms with van der Waals surface area (Å²) in [4.78, 5) is 22.8. The molecular weight excluding hydrogens is 260 g/mol. The molecule has 6 nitrogen and oxygen atoms in total. The van der Waals surface area contributed by atoms with Gasteiger partial charge < -0.3 is 20.8 Å². The van der Waals surface area contributed by atoms with Crippen LogP contribution in [-0.4, -0.2) is 40.4 Å². The van der Waals surface area contributed by atoms with E-state index in [4.69, 9.17) is 10.2 Å². The summed E-state index contributed by atoms with van der Waals surface area (Å²) in [5, 5.41) is 23.2. The lowest BCUT2D eigenvalue weighted by molar-refractivity contribution is -0.140. The van der Waals surface area contributed by atoms with Crippen LogP contribution in [0.4, 0.5) is 4.79 Å². The zero-order chi connectivity index (χ0) is 14.3. The van der Waals surface area contributed by atoms with Crippen LogP contribution >= 0.6 is 0 Å². The molecule has 4 N–H and O–H groups in total. The molecule has 2 amide bonds. The Labute approximate surface area is 117 Å². The summed E-state index contributed by atoms with van der Waals surface area (Å²) in [5.74, 6) is 0.937. The molecule has 4 aliphatic carbocycles. The van der Waals surface area contributed by atoms with Gasteiger partial charge in [0.15, 0.2) is 6.04 Å². The number of aliphatic hydroxyl groups excluding tert-OH is 1. The van der Waals surface area contributed by atoms with Gasteiger partial charge in [-0.25, -0.2) is 9.59 Å². The number of rotatable bonds is 4. The Morgan fingerprint density at radius 2 is 1.60 bits per heavy atom. The van der Waals surface area contributed by atoms with Crippen LogP contribution in [-0.2, 0) is 4.79 Å². The zero-order valence-electron chi connectivity index (χ0n) is 11.5. The summed E-state index contributed by atoms with van der Waals surface area (Å²) in [6, 6.07) is -1.70. The van der Waals surface area contributed by atoms with Crippen LogP contribution in [0.1, 0.15) is 38.5 Å². The summed E-state index contributed by atoms with van der Waals surface area (Å²) < 4.78 is 0. The molecule has 112 valence electrons. The van der Waals surface area contributed by atoms with Gasteiger partial charge in [-0.2, -0.15) is 0 Å². The predicted octanol–water partition coefficient (Wildman–Crippen LogP) is 0.700. The molecule has 0 spiro atoms. The predicted molar refractivity (Wildman–Crippen MR) is 71.1 cm³/mol. The molecule has 0 aromatic carbocycles. The number of carbonyl (C=O) groups excluding carboxylic acids is 1. The second-order valence-corrected chi connectivity index (χ2v) is 6.87. The van der Waals surface area contributed by atoms with Gasteiger partial charge in [0.2, 0.25) is 0 Å². The van der Waals surface area contributed by atoms with Gasteiger partial charge in [0.25, 0.3) is 0 Å². The average Bonchev–Trinajstić information content (AvgIpc) is 2.33. The number of aliphatic carboxylic acids is 1.